The number of nitrogens with zero attached hydrogens (tertiary/aromatic N) is 1. The Hall–Kier alpha value is -2.57. The van der Waals surface area contributed by atoms with Gasteiger partial charge in [-0.1, -0.05) is 36.7 Å². The van der Waals surface area contributed by atoms with E-state index in [1.165, 1.54) is 0 Å². The van der Waals surface area contributed by atoms with E-state index in [0.29, 0.717) is 28.4 Å². The van der Waals surface area contributed by atoms with Gasteiger partial charge in [-0.15, -0.1) is 0 Å². The molecule has 6 nitrogen and oxygen atoms in total. The van der Waals surface area contributed by atoms with Crippen molar-refractivity contribution in [2.75, 3.05) is 10.2 Å². The monoisotopic (exact) mass is 373 g/mol. The molecule has 0 aliphatic carbocycles. The first-order valence-electron chi connectivity index (χ1n) is 8.37. The Kier molecular flexibility index (Phi) is 4.89. The van der Waals surface area contributed by atoms with E-state index in [9.17, 15) is 14.7 Å². The van der Waals surface area contributed by atoms with Crippen LogP contribution in [0.1, 0.15) is 25.8 Å². The van der Waals surface area contributed by atoms with Gasteiger partial charge in [0.1, 0.15) is 0 Å². The van der Waals surface area contributed by atoms with Crippen molar-refractivity contribution in [1.82, 2.24) is 5.32 Å². The van der Waals surface area contributed by atoms with Gasteiger partial charge in [0.05, 0.1) is 5.69 Å². The van der Waals surface area contributed by atoms with Gasteiger partial charge in [-0.05, 0) is 43.7 Å². The van der Waals surface area contributed by atoms with Crippen LogP contribution in [0.5, 0.6) is 0 Å². The number of halogens is 1. The van der Waals surface area contributed by atoms with E-state index < -0.39 is 17.7 Å². The van der Waals surface area contributed by atoms with E-state index >= 15 is 0 Å². The van der Waals surface area contributed by atoms with Crippen LogP contribution in [0.25, 0.3) is 0 Å². The molecule has 0 fully saturated rings. The van der Waals surface area contributed by atoms with Crippen LogP contribution >= 0.6 is 11.6 Å². The molecule has 2 atom stereocenters. The van der Waals surface area contributed by atoms with E-state index in [-0.39, 0.29) is 6.04 Å². The Morgan fingerprint density at radius 2 is 1.92 bits per heavy atom. The van der Waals surface area contributed by atoms with E-state index in [4.69, 9.17) is 11.6 Å². The van der Waals surface area contributed by atoms with E-state index in [2.05, 4.69) is 10.6 Å². The number of hydrogen-bond acceptors (Lipinski definition) is 3. The molecule has 0 saturated carbocycles. The number of anilines is 2. The number of fused-ring (bicyclic) bond motifs is 1. The average Bonchev–Trinajstić information content (AvgIpc) is 2.63. The van der Waals surface area contributed by atoms with Gasteiger partial charge in [0.15, 0.2) is 0 Å². The number of para-hydroxylation sites is 1. The van der Waals surface area contributed by atoms with Crippen LogP contribution in [0.4, 0.5) is 16.2 Å². The second-order valence-corrected chi connectivity index (χ2v) is 6.68. The summed E-state index contributed by atoms with van der Waals surface area (Å²) in [6.07, 6.45) is 0.691. The third kappa shape index (κ3) is 3.02. The molecule has 0 radical (unpaired) electrons. The third-order valence-electron chi connectivity index (χ3n) is 4.46. The zero-order chi connectivity index (χ0) is 18.9. The van der Waals surface area contributed by atoms with Crippen LogP contribution in [-0.4, -0.2) is 23.1 Å². The molecule has 7 heteroatoms. The number of carbonyl (C=O) groups excluding carboxylic acids is 2. The lowest BCUT2D eigenvalue weighted by Gasteiger charge is -2.43. The lowest BCUT2D eigenvalue weighted by atomic mass is 9.94. The Balaban J connectivity index is 2.16. The highest BCUT2D eigenvalue weighted by Gasteiger charge is 2.52. The van der Waals surface area contributed by atoms with Crippen molar-refractivity contribution in [2.24, 2.45) is 0 Å². The van der Waals surface area contributed by atoms with Gasteiger partial charge in [-0.2, -0.15) is 0 Å². The van der Waals surface area contributed by atoms with Gasteiger partial charge in [0.2, 0.25) is 0 Å². The fraction of sp³-hybridized carbons (Fsp3) is 0.263. The lowest BCUT2D eigenvalue weighted by molar-refractivity contribution is -0.140. The number of amides is 3. The van der Waals surface area contributed by atoms with Crippen molar-refractivity contribution in [3.8, 4) is 0 Å². The zero-order valence-corrected chi connectivity index (χ0v) is 15.2. The Labute approximate surface area is 156 Å². The highest BCUT2D eigenvalue weighted by molar-refractivity contribution is 6.30. The maximum absolute atomic E-state index is 13.0. The number of benzene rings is 2. The molecule has 1 aliphatic heterocycles. The number of urea groups is 1. The molecule has 1 heterocycles. The molecule has 3 rings (SSSR count). The number of carbonyl (C=O) groups is 2. The van der Waals surface area contributed by atoms with Gasteiger partial charge in [-0.3, -0.25) is 9.69 Å². The fourth-order valence-corrected chi connectivity index (χ4v) is 3.01. The molecule has 136 valence electrons. The van der Waals surface area contributed by atoms with E-state index in [1.807, 2.05) is 13.8 Å². The van der Waals surface area contributed by atoms with Crippen LogP contribution < -0.4 is 15.5 Å². The summed E-state index contributed by atoms with van der Waals surface area (Å²) in [5.41, 5.74) is -1.14. The minimum absolute atomic E-state index is 0.157. The highest BCUT2D eigenvalue weighted by atomic mass is 35.5. The first kappa shape index (κ1) is 18.2. The van der Waals surface area contributed by atoms with Gasteiger partial charge in [-0.25, -0.2) is 4.79 Å². The number of nitrogens with one attached hydrogen (secondary N) is 2. The molecular formula is C19H20ClN3O3. The first-order chi connectivity index (χ1) is 12.4. The normalized spacial score (nSPS) is 20.2. The van der Waals surface area contributed by atoms with Crippen LogP contribution in [0.15, 0.2) is 48.5 Å². The van der Waals surface area contributed by atoms with Crippen molar-refractivity contribution in [2.45, 2.75) is 32.0 Å². The number of hydrogen-bond donors (Lipinski definition) is 3. The summed E-state index contributed by atoms with van der Waals surface area (Å²) in [5.74, 6) is -0.663. The van der Waals surface area contributed by atoms with E-state index in [1.54, 1.807) is 48.5 Å². The standard InChI is InChI=1S/C19H20ClN3O3/c1-3-12(2)21-17(24)19(26)15-6-4-5-7-16(15)22-18(25)23(19)14-10-8-13(20)9-11-14/h4-12,26H,3H2,1-2H3,(H,21,24)(H,22,25)/t12-,19+/m0/s1. The molecule has 0 saturated heterocycles. The van der Waals surface area contributed by atoms with Crippen LogP contribution in [-0.2, 0) is 10.5 Å². The number of aliphatic hydroxyl groups is 1. The average molecular weight is 374 g/mol. The van der Waals surface area contributed by atoms with Crippen molar-refractivity contribution < 1.29 is 14.7 Å². The molecule has 26 heavy (non-hydrogen) atoms. The molecule has 2 aromatic rings. The lowest BCUT2D eigenvalue weighted by Crippen LogP contribution is -2.63. The highest BCUT2D eigenvalue weighted by Crippen LogP contribution is 2.40. The maximum atomic E-state index is 13.0. The van der Waals surface area contributed by atoms with Crippen molar-refractivity contribution in [3.05, 3.63) is 59.1 Å². The Morgan fingerprint density at radius 1 is 1.27 bits per heavy atom. The minimum Gasteiger partial charge on any atom is -0.359 e. The smallest absolute Gasteiger partial charge is 0.329 e. The van der Waals surface area contributed by atoms with Gasteiger partial charge < -0.3 is 15.7 Å². The van der Waals surface area contributed by atoms with Gasteiger partial charge in [0, 0.05) is 22.3 Å². The predicted octanol–water partition coefficient (Wildman–Crippen LogP) is 3.45. The summed E-state index contributed by atoms with van der Waals surface area (Å²) in [7, 11) is 0. The summed E-state index contributed by atoms with van der Waals surface area (Å²) < 4.78 is 0. The van der Waals surface area contributed by atoms with E-state index in [0.717, 1.165) is 4.90 Å². The second kappa shape index (κ2) is 6.97. The molecule has 3 N–H and O–H groups in total. The molecule has 2 aromatic carbocycles. The fourth-order valence-electron chi connectivity index (χ4n) is 2.88. The quantitative estimate of drug-likeness (QED) is 0.767. The van der Waals surface area contributed by atoms with Gasteiger partial charge >= 0.3 is 6.03 Å². The molecule has 3 amide bonds. The molecular weight excluding hydrogens is 354 g/mol. The Bertz CT molecular complexity index is 840. The van der Waals surface area contributed by atoms with Crippen LogP contribution in [0.2, 0.25) is 5.02 Å². The zero-order valence-electron chi connectivity index (χ0n) is 14.5. The Morgan fingerprint density at radius 3 is 2.58 bits per heavy atom. The summed E-state index contributed by atoms with van der Waals surface area (Å²) >= 11 is 5.93. The third-order valence-corrected chi connectivity index (χ3v) is 4.71. The maximum Gasteiger partial charge on any atom is 0.329 e. The van der Waals surface area contributed by atoms with Crippen LogP contribution in [0, 0.1) is 0 Å². The first-order valence-corrected chi connectivity index (χ1v) is 8.75. The van der Waals surface area contributed by atoms with Crippen molar-refractivity contribution in [3.63, 3.8) is 0 Å². The number of rotatable bonds is 4. The summed E-state index contributed by atoms with van der Waals surface area (Å²) in [4.78, 5) is 26.8. The SMILES string of the molecule is CC[C@H](C)NC(=O)[C@]1(O)c2ccccc2NC(=O)N1c1ccc(Cl)cc1. The predicted molar refractivity (Wildman–Crippen MR) is 101 cm³/mol. The molecule has 0 bridgehead atoms. The minimum atomic E-state index is -2.18. The molecule has 1 aliphatic rings. The summed E-state index contributed by atoms with van der Waals surface area (Å²) in [6, 6.07) is 12.3. The van der Waals surface area contributed by atoms with Crippen molar-refractivity contribution >= 4 is 34.9 Å². The topological polar surface area (TPSA) is 81.7 Å². The molecule has 0 unspecified atom stereocenters. The molecule has 0 spiro atoms. The largest absolute Gasteiger partial charge is 0.359 e. The molecule has 0 aromatic heterocycles. The van der Waals surface area contributed by atoms with Gasteiger partial charge in [0.25, 0.3) is 11.6 Å². The van der Waals surface area contributed by atoms with Crippen LogP contribution in [0.3, 0.4) is 0 Å². The summed E-state index contributed by atoms with van der Waals surface area (Å²) in [5, 5.41) is 17.5. The summed E-state index contributed by atoms with van der Waals surface area (Å²) in [6.45, 7) is 3.76. The second-order valence-electron chi connectivity index (χ2n) is 6.24. The van der Waals surface area contributed by atoms with Crippen molar-refractivity contribution in [1.29, 1.82) is 0 Å².